The van der Waals surface area contributed by atoms with Gasteiger partial charge in [0.05, 0.1) is 23.1 Å². The zero-order chi connectivity index (χ0) is 23.2. The van der Waals surface area contributed by atoms with Gasteiger partial charge in [-0.2, -0.15) is 18.4 Å². The first-order valence-corrected chi connectivity index (χ1v) is 10.4. The maximum Gasteiger partial charge on any atom is 0.417 e. The topological polar surface area (TPSA) is 105 Å². The van der Waals surface area contributed by atoms with Gasteiger partial charge in [0.25, 0.3) is 5.91 Å². The second-order valence-electron chi connectivity index (χ2n) is 6.73. The molecule has 2 aromatic rings. The Labute approximate surface area is 186 Å². The zero-order valence-corrected chi connectivity index (χ0v) is 17.8. The molecule has 0 radical (unpaired) electrons. The summed E-state index contributed by atoms with van der Waals surface area (Å²) in [6, 6.07) is 11.0. The van der Waals surface area contributed by atoms with E-state index in [0.29, 0.717) is 11.8 Å². The summed E-state index contributed by atoms with van der Waals surface area (Å²) in [6.07, 6.45) is -5.66. The lowest BCUT2D eigenvalue weighted by atomic mass is 10.1. The Morgan fingerprint density at radius 2 is 1.84 bits per heavy atom. The minimum absolute atomic E-state index is 0.0121. The molecule has 31 heavy (non-hydrogen) atoms. The van der Waals surface area contributed by atoms with Crippen LogP contribution in [0.5, 0.6) is 0 Å². The molecule has 2 atom stereocenters. The first kappa shape index (κ1) is 24.8. The van der Waals surface area contributed by atoms with E-state index in [4.69, 9.17) is 16.9 Å². The van der Waals surface area contributed by atoms with Crippen molar-refractivity contribution in [3.63, 3.8) is 0 Å². The van der Waals surface area contributed by atoms with Gasteiger partial charge in [-0.1, -0.05) is 0 Å². The quantitative estimate of drug-likeness (QED) is 0.262. The van der Waals surface area contributed by atoms with Crippen LogP contribution in [0.3, 0.4) is 0 Å². The second-order valence-corrected chi connectivity index (χ2v) is 8.08. The number of carbonyl (C=O) groups is 1. The van der Waals surface area contributed by atoms with Crippen molar-refractivity contribution in [2.45, 2.75) is 29.8 Å². The van der Waals surface area contributed by atoms with Gasteiger partial charge in [-0.3, -0.25) is 4.79 Å². The van der Waals surface area contributed by atoms with Crippen molar-refractivity contribution in [3.8, 4) is 6.07 Å². The number of anilines is 2. The molecule has 0 aliphatic rings. The van der Waals surface area contributed by atoms with Crippen molar-refractivity contribution >= 4 is 40.6 Å². The number of hydrogen-bond donors (Lipinski definition) is 4. The molecule has 0 fully saturated rings. The van der Waals surface area contributed by atoms with Gasteiger partial charge in [-0.05, 0) is 49.4 Å². The summed E-state index contributed by atoms with van der Waals surface area (Å²) < 4.78 is 39.2. The van der Waals surface area contributed by atoms with E-state index < -0.39 is 35.0 Å². The third kappa shape index (κ3) is 7.04. The van der Waals surface area contributed by atoms with E-state index in [1.807, 2.05) is 0 Å². The molecule has 0 saturated carbocycles. The molecule has 6 nitrogen and oxygen atoms in total. The van der Waals surface area contributed by atoms with E-state index in [1.54, 1.807) is 24.3 Å². The number of alkyl halides is 4. The van der Waals surface area contributed by atoms with Gasteiger partial charge in [0.2, 0.25) is 0 Å². The van der Waals surface area contributed by atoms with Crippen LogP contribution in [-0.4, -0.2) is 39.6 Å². The molecule has 11 heteroatoms. The number of aliphatic hydroxyl groups excluding tert-OH is 1. The molecular formula is C20H19ClF3N3O3S. The smallest absolute Gasteiger partial charge is 0.379 e. The number of halogens is 4. The van der Waals surface area contributed by atoms with E-state index in [1.165, 1.54) is 13.0 Å². The fourth-order valence-corrected chi connectivity index (χ4v) is 3.37. The van der Waals surface area contributed by atoms with Crippen molar-refractivity contribution in [2.24, 2.45) is 0 Å². The zero-order valence-electron chi connectivity index (χ0n) is 16.2. The summed E-state index contributed by atoms with van der Waals surface area (Å²) in [4.78, 5) is 13.1. The minimum atomic E-state index is -4.76. The Morgan fingerprint density at radius 1 is 1.23 bits per heavy atom. The van der Waals surface area contributed by atoms with Crippen LogP contribution in [0.25, 0.3) is 0 Å². The molecule has 0 aliphatic carbocycles. The molecule has 0 heterocycles. The van der Waals surface area contributed by atoms with Gasteiger partial charge in [-0.25, -0.2) is 0 Å². The average molecular weight is 474 g/mol. The van der Waals surface area contributed by atoms with Gasteiger partial charge >= 0.3 is 6.18 Å². The summed E-state index contributed by atoms with van der Waals surface area (Å²) in [7, 11) is 0. The van der Waals surface area contributed by atoms with Crippen LogP contribution in [0.15, 0.2) is 47.4 Å². The molecular weight excluding hydrogens is 455 g/mol. The lowest BCUT2D eigenvalue weighted by Gasteiger charge is -2.22. The van der Waals surface area contributed by atoms with Crippen LogP contribution in [0.4, 0.5) is 24.5 Å². The van der Waals surface area contributed by atoms with Crippen LogP contribution in [-0.2, 0) is 11.0 Å². The van der Waals surface area contributed by atoms with Crippen LogP contribution in [0.2, 0.25) is 0 Å². The molecule has 2 aromatic carbocycles. The highest BCUT2D eigenvalue weighted by atomic mass is 35.5. The molecule has 0 aromatic heterocycles. The number of hydrogen-bond acceptors (Lipinski definition) is 6. The van der Waals surface area contributed by atoms with Crippen molar-refractivity contribution in [3.05, 3.63) is 53.6 Å². The van der Waals surface area contributed by atoms with Crippen LogP contribution in [0, 0.1) is 11.3 Å². The maximum absolute atomic E-state index is 13.1. The molecule has 1 unspecified atom stereocenters. The molecule has 1 amide bonds. The Morgan fingerprint density at radius 3 is 2.39 bits per heavy atom. The highest BCUT2D eigenvalue weighted by molar-refractivity contribution is 7.99. The Hall–Kier alpha value is -2.45. The first-order chi connectivity index (χ1) is 14.5. The van der Waals surface area contributed by atoms with E-state index in [2.05, 4.69) is 10.6 Å². The molecule has 4 N–H and O–H groups in total. The molecule has 166 valence electrons. The Balaban J connectivity index is 2.03. The monoisotopic (exact) mass is 473 g/mol. The fraction of sp³-hybridized carbons (Fsp3) is 0.300. The van der Waals surface area contributed by atoms with Crippen LogP contribution in [0.1, 0.15) is 18.1 Å². The summed E-state index contributed by atoms with van der Waals surface area (Å²) in [5, 5.41) is 33.8. The van der Waals surface area contributed by atoms with Crippen molar-refractivity contribution in [2.75, 3.05) is 22.3 Å². The Bertz CT molecular complexity index is 963. The first-order valence-electron chi connectivity index (χ1n) is 8.85. The largest absolute Gasteiger partial charge is 0.417 e. The van der Waals surface area contributed by atoms with E-state index in [-0.39, 0.29) is 17.3 Å². The van der Waals surface area contributed by atoms with Gasteiger partial charge < -0.3 is 20.8 Å². The summed E-state index contributed by atoms with van der Waals surface area (Å²) in [5.74, 6) is -0.947. The van der Waals surface area contributed by atoms with Crippen molar-refractivity contribution in [1.82, 2.24) is 0 Å². The lowest BCUT2D eigenvalue weighted by Crippen LogP contribution is -2.42. The number of amides is 1. The van der Waals surface area contributed by atoms with E-state index in [9.17, 15) is 28.2 Å². The molecule has 0 saturated heterocycles. The predicted octanol–water partition coefficient (Wildman–Crippen LogP) is 4.03. The SMILES string of the molecule is C[C@](O)(CSc1ccc(NC(O)CCl)cc1)C(=O)Nc1ccc(C#N)c(C(F)(F)F)c1. The van der Waals surface area contributed by atoms with Gasteiger partial charge in [0.1, 0.15) is 11.8 Å². The van der Waals surface area contributed by atoms with E-state index >= 15 is 0 Å². The highest BCUT2D eigenvalue weighted by Gasteiger charge is 2.35. The van der Waals surface area contributed by atoms with Crippen molar-refractivity contribution < 1.29 is 28.2 Å². The molecule has 2 rings (SSSR count). The highest BCUT2D eigenvalue weighted by Crippen LogP contribution is 2.34. The number of thioether (sulfide) groups is 1. The van der Waals surface area contributed by atoms with Crippen molar-refractivity contribution in [1.29, 1.82) is 5.26 Å². The second kappa shape index (κ2) is 10.2. The fourth-order valence-electron chi connectivity index (χ4n) is 2.39. The summed E-state index contributed by atoms with van der Waals surface area (Å²) in [6.45, 7) is 1.25. The lowest BCUT2D eigenvalue weighted by molar-refractivity contribution is -0.137. The minimum Gasteiger partial charge on any atom is -0.379 e. The average Bonchev–Trinajstić information content (AvgIpc) is 2.72. The predicted molar refractivity (Wildman–Crippen MR) is 113 cm³/mol. The number of nitrogens with zero attached hydrogens (tertiary/aromatic N) is 1. The number of benzene rings is 2. The standard InChI is InChI=1S/C20H19ClF3N3O3S/c1-19(30,11-31-15-6-4-13(5-7-15)26-17(28)9-21)18(29)27-14-3-2-12(10-25)16(8-14)20(22,23)24/h2-8,17,26,28,30H,9,11H2,1H3,(H,27,29)/t17?,19-/m0/s1. The summed E-state index contributed by atoms with van der Waals surface area (Å²) >= 11 is 6.68. The number of carbonyl (C=O) groups excluding carboxylic acids is 1. The summed E-state index contributed by atoms with van der Waals surface area (Å²) in [5.41, 5.74) is -3.18. The number of aliphatic hydroxyl groups is 2. The third-order valence-corrected chi connectivity index (χ3v) is 5.65. The van der Waals surface area contributed by atoms with Gasteiger partial charge in [0.15, 0.2) is 0 Å². The Kier molecular flexibility index (Phi) is 8.20. The van der Waals surface area contributed by atoms with Crippen LogP contribution < -0.4 is 10.6 Å². The molecule has 0 bridgehead atoms. The number of nitrogens with one attached hydrogen (secondary N) is 2. The molecule has 0 aliphatic heterocycles. The van der Waals surface area contributed by atoms with Gasteiger partial charge in [-0.15, -0.1) is 23.4 Å². The number of nitriles is 1. The maximum atomic E-state index is 13.1. The van der Waals surface area contributed by atoms with Gasteiger partial charge in [0, 0.05) is 22.0 Å². The number of rotatable bonds is 8. The normalized spacial score (nSPS) is 14.3. The van der Waals surface area contributed by atoms with Crippen LogP contribution >= 0.6 is 23.4 Å². The van der Waals surface area contributed by atoms with E-state index in [0.717, 1.165) is 28.8 Å². The molecule has 0 spiro atoms. The third-order valence-electron chi connectivity index (χ3n) is 4.05.